The van der Waals surface area contributed by atoms with Crippen LogP contribution in [0.1, 0.15) is 12.5 Å². The molecule has 2 aromatic rings. The van der Waals surface area contributed by atoms with Gasteiger partial charge in [0.1, 0.15) is 5.82 Å². The molecule has 0 aliphatic heterocycles. The van der Waals surface area contributed by atoms with Crippen molar-refractivity contribution >= 4 is 40.8 Å². The van der Waals surface area contributed by atoms with Crippen molar-refractivity contribution in [2.45, 2.75) is 13.3 Å². The van der Waals surface area contributed by atoms with Gasteiger partial charge in [0.15, 0.2) is 6.61 Å². The van der Waals surface area contributed by atoms with Crippen molar-refractivity contribution in [3.8, 4) is 0 Å². The Bertz CT molecular complexity index is 824. The van der Waals surface area contributed by atoms with Crippen LogP contribution in [0.2, 0.25) is 5.02 Å². The number of carbonyl (C=O) groups is 3. The van der Waals surface area contributed by atoms with Crippen LogP contribution in [0.4, 0.5) is 15.8 Å². The van der Waals surface area contributed by atoms with Crippen LogP contribution in [0, 0.1) is 5.82 Å². The number of esters is 1. The number of amides is 2. The van der Waals surface area contributed by atoms with E-state index in [2.05, 4.69) is 10.6 Å². The molecular weight excluding hydrogens is 363 g/mol. The molecule has 2 rings (SSSR count). The number of carbonyl (C=O) groups excluding carboxylic acids is 3. The van der Waals surface area contributed by atoms with Crippen molar-refractivity contribution in [3.05, 3.63) is 58.9 Å². The van der Waals surface area contributed by atoms with Gasteiger partial charge in [0, 0.05) is 12.6 Å². The lowest BCUT2D eigenvalue weighted by Crippen LogP contribution is -2.21. The van der Waals surface area contributed by atoms with Gasteiger partial charge in [-0.3, -0.25) is 14.4 Å². The molecule has 0 aliphatic carbocycles. The molecule has 0 atom stereocenters. The molecule has 2 amide bonds. The maximum atomic E-state index is 12.9. The number of nitrogens with one attached hydrogen (secondary N) is 2. The zero-order chi connectivity index (χ0) is 19.1. The largest absolute Gasteiger partial charge is 0.455 e. The Morgan fingerprint density at radius 2 is 1.77 bits per heavy atom. The third-order valence-corrected chi connectivity index (χ3v) is 3.50. The zero-order valence-electron chi connectivity index (χ0n) is 13.8. The van der Waals surface area contributed by atoms with Gasteiger partial charge < -0.3 is 15.4 Å². The van der Waals surface area contributed by atoms with Gasteiger partial charge in [-0.1, -0.05) is 23.7 Å². The Morgan fingerprint density at radius 3 is 2.38 bits per heavy atom. The van der Waals surface area contributed by atoms with Crippen LogP contribution in [0.5, 0.6) is 0 Å². The summed E-state index contributed by atoms with van der Waals surface area (Å²) in [6.45, 7) is 0.909. The second kappa shape index (κ2) is 8.96. The molecule has 0 aromatic heterocycles. The molecule has 8 heteroatoms. The Labute approximate surface area is 154 Å². The first-order chi connectivity index (χ1) is 12.3. The molecule has 0 unspecified atom stereocenters. The number of anilines is 2. The average Bonchev–Trinajstić information content (AvgIpc) is 2.57. The second-order valence-electron chi connectivity index (χ2n) is 5.39. The molecular formula is C18H16ClFN2O4. The third-order valence-electron chi connectivity index (χ3n) is 3.19. The monoisotopic (exact) mass is 378 g/mol. The van der Waals surface area contributed by atoms with Crippen LogP contribution in [-0.4, -0.2) is 24.4 Å². The molecule has 26 heavy (non-hydrogen) atoms. The smallest absolute Gasteiger partial charge is 0.310 e. The topological polar surface area (TPSA) is 84.5 Å². The van der Waals surface area contributed by atoms with E-state index in [-0.39, 0.29) is 23.0 Å². The fraction of sp³-hybridized carbons (Fsp3) is 0.167. The number of benzene rings is 2. The van der Waals surface area contributed by atoms with E-state index < -0.39 is 24.3 Å². The highest BCUT2D eigenvalue weighted by molar-refractivity contribution is 6.33. The predicted octanol–water partition coefficient (Wildman–Crippen LogP) is 3.16. The number of rotatable bonds is 6. The van der Waals surface area contributed by atoms with Crippen molar-refractivity contribution in [2.75, 3.05) is 17.2 Å². The van der Waals surface area contributed by atoms with Gasteiger partial charge in [0.05, 0.1) is 17.1 Å². The minimum absolute atomic E-state index is 0.0229. The van der Waals surface area contributed by atoms with Crippen LogP contribution in [0.15, 0.2) is 42.5 Å². The van der Waals surface area contributed by atoms with E-state index in [0.29, 0.717) is 11.3 Å². The summed E-state index contributed by atoms with van der Waals surface area (Å²) in [5.41, 5.74) is 1.51. The first-order valence-corrected chi connectivity index (χ1v) is 7.98. The van der Waals surface area contributed by atoms with E-state index in [1.54, 1.807) is 24.3 Å². The number of ether oxygens (including phenoxy) is 1. The van der Waals surface area contributed by atoms with E-state index in [0.717, 1.165) is 12.1 Å². The summed E-state index contributed by atoms with van der Waals surface area (Å²) in [6, 6.07) is 10.2. The van der Waals surface area contributed by atoms with Gasteiger partial charge in [0.25, 0.3) is 5.91 Å². The van der Waals surface area contributed by atoms with Gasteiger partial charge in [-0.25, -0.2) is 4.39 Å². The van der Waals surface area contributed by atoms with Gasteiger partial charge in [-0.05, 0) is 35.9 Å². The molecule has 0 saturated carbocycles. The van der Waals surface area contributed by atoms with Crippen molar-refractivity contribution in [2.24, 2.45) is 0 Å². The highest BCUT2D eigenvalue weighted by atomic mass is 35.5. The Balaban J connectivity index is 1.80. The van der Waals surface area contributed by atoms with E-state index in [4.69, 9.17) is 16.3 Å². The van der Waals surface area contributed by atoms with Crippen molar-refractivity contribution in [3.63, 3.8) is 0 Å². The standard InChI is InChI=1S/C18H16ClFN2O4/c1-11(23)21-14-5-2-12(3-6-14)8-18(25)26-10-17(24)22-16-7-4-13(20)9-15(16)19/h2-7,9H,8,10H2,1H3,(H,21,23)(H,22,24). The Morgan fingerprint density at radius 1 is 1.08 bits per heavy atom. The van der Waals surface area contributed by atoms with Crippen LogP contribution < -0.4 is 10.6 Å². The van der Waals surface area contributed by atoms with E-state index in [1.807, 2.05) is 0 Å². The minimum Gasteiger partial charge on any atom is -0.455 e. The summed E-state index contributed by atoms with van der Waals surface area (Å²) in [5.74, 6) is -1.89. The van der Waals surface area contributed by atoms with E-state index in [9.17, 15) is 18.8 Å². The van der Waals surface area contributed by atoms with Crippen LogP contribution >= 0.6 is 11.6 Å². The summed E-state index contributed by atoms with van der Waals surface area (Å²) >= 11 is 5.80. The first-order valence-electron chi connectivity index (χ1n) is 7.60. The minimum atomic E-state index is -0.590. The number of halogens is 2. The molecule has 0 radical (unpaired) electrons. The van der Waals surface area contributed by atoms with Crippen molar-refractivity contribution < 1.29 is 23.5 Å². The van der Waals surface area contributed by atoms with Crippen molar-refractivity contribution in [1.29, 1.82) is 0 Å². The van der Waals surface area contributed by atoms with E-state index in [1.165, 1.54) is 13.0 Å². The summed E-state index contributed by atoms with van der Waals surface area (Å²) in [7, 11) is 0. The fourth-order valence-corrected chi connectivity index (χ4v) is 2.26. The molecule has 6 nitrogen and oxygen atoms in total. The van der Waals surface area contributed by atoms with Crippen LogP contribution in [0.25, 0.3) is 0 Å². The molecule has 2 aromatic carbocycles. The lowest BCUT2D eigenvalue weighted by molar-refractivity contribution is -0.146. The Kier molecular flexibility index (Phi) is 6.68. The molecule has 0 aliphatic rings. The summed E-state index contributed by atoms with van der Waals surface area (Å²) in [5, 5.41) is 5.09. The lowest BCUT2D eigenvalue weighted by Gasteiger charge is -2.08. The maximum Gasteiger partial charge on any atom is 0.310 e. The highest BCUT2D eigenvalue weighted by Crippen LogP contribution is 2.22. The van der Waals surface area contributed by atoms with Crippen LogP contribution in [-0.2, 0) is 25.5 Å². The molecule has 136 valence electrons. The normalized spacial score (nSPS) is 10.1. The molecule has 0 heterocycles. The summed E-state index contributed by atoms with van der Waals surface area (Å²) in [6.07, 6.45) is -0.0229. The quantitative estimate of drug-likeness (QED) is 0.756. The number of hydrogen-bond donors (Lipinski definition) is 2. The molecule has 2 N–H and O–H groups in total. The summed E-state index contributed by atoms with van der Waals surface area (Å²) in [4.78, 5) is 34.5. The van der Waals surface area contributed by atoms with Gasteiger partial charge in [-0.2, -0.15) is 0 Å². The second-order valence-corrected chi connectivity index (χ2v) is 5.80. The van der Waals surface area contributed by atoms with Gasteiger partial charge in [0.2, 0.25) is 5.91 Å². The van der Waals surface area contributed by atoms with Crippen molar-refractivity contribution in [1.82, 2.24) is 0 Å². The molecule has 0 fully saturated rings. The number of hydrogen-bond acceptors (Lipinski definition) is 4. The van der Waals surface area contributed by atoms with E-state index >= 15 is 0 Å². The fourth-order valence-electron chi connectivity index (χ4n) is 2.05. The first kappa shape index (κ1) is 19.4. The SMILES string of the molecule is CC(=O)Nc1ccc(CC(=O)OCC(=O)Nc2ccc(F)cc2Cl)cc1. The molecule has 0 bridgehead atoms. The lowest BCUT2D eigenvalue weighted by atomic mass is 10.1. The predicted molar refractivity (Wildman–Crippen MR) is 95.4 cm³/mol. The average molecular weight is 379 g/mol. The molecule has 0 spiro atoms. The maximum absolute atomic E-state index is 12.9. The van der Waals surface area contributed by atoms with Gasteiger partial charge >= 0.3 is 5.97 Å². The summed E-state index contributed by atoms with van der Waals surface area (Å²) < 4.78 is 17.8. The highest BCUT2D eigenvalue weighted by Gasteiger charge is 2.11. The molecule has 0 saturated heterocycles. The third kappa shape index (κ3) is 6.18. The van der Waals surface area contributed by atoms with Gasteiger partial charge in [-0.15, -0.1) is 0 Å². The van der Waals surface area contributed by atoms with Crippen LogP contribution in [0.3, 0.4) is 0 Å². The zero-order valence-corrected chi connectivity index (χ0v) is 14.6. The Hall–Kier alpha value is -2.93.